The van der Waals surface area contributed by atoms with Gasteiger partial charge in [-0.2, -0.15) is 0 Å². The van der Waals surface area contributed by atoms with Crippen molar-refractivity contribution in [2.45, 2.75) is 38.3 Å². The van der Waals surface area contributed by atoms with Crippen molar-refractivity contribution in [2.24, 2.45) is 0 Å². The number of nitrogens with zero attached hydrogens (tertiary/aromatic N) is 1. The van der Waals surface area contributed by atoms with Crippen LogP contribution in [0.25, 0.3) is 11.3 Å². The lowest BCUT2D eigenvalue weighted by Gasteiger charge is -2.09. The van der Waals surface area contributed by atoms with E-state index in [1.54, 1.807) is 6.07 Å². The van der Waals surface area contributed by atoms with Crippen LogP contribution in [0.15, 0.2) is 24.4 Å². The average molecular weight is 310 g/mol. The smallest absolute Gasteiger partial charge is 0.120 e. The molecule has 20 heavy (non-hydrogen) atoms. The summed E-state index contributed by atoms with van der Waals surface area (Å²) >= 11 is 12.0. The maximum atomic E-state index is 6.04. The second-order valence-corrected chi connectivity index (χ2v) is 6.05. The fraction of sp³-hybridized carbons (Fsp3) is 0.400. The molecule has 0 aliphatic heterocycles. The Morgan fingerprint density at radius 2 is 2.00 bits per heavy atom. The Bertz CT molecular complexity index is 589. The monoisotopic (exact) mass is 309 g/mol. The molecule has 1 aromatic carbocycles. The van der Waals surface area contributed by atoms with Gasteiger partial charge in [0, 0.05) is 11.6 Å². The summed E-state index contributed by atoms with van der Waals surface area (Å²) in [6, 6.07) is 6.24. The first-order valence-electron chi connectivity index (χ1n) is 6.95. The second kappa shape index (κ2) is 6.17. The number of aromatic amines is 1. The highest BCUT2D eigenvalue weighted by Crippen LogP contribution is 2.27. The number of rotatable bonds is 4. The predicted octanol–water partition coefficient (Wildman–Crippen LogP) is 4.42. The number of hydrogen-bond donors (Lipinski definition) is 2. The van der Waals surface area contributed by atoms with Crippen molar-refractivity contribution in [2.75, 3.05) is 0 Å². The first-order valence-corrected chi connectivity index (χ1v) is 7.70. The van der Waals surface area contributed by atoms with Crippen molar-refractivity contribution >= 4 is 23.2 Å². The zero-order chi connectivity index (χ0) is 13.9. The molecule has 0 amide bonds. The number of aromatic nitrogens is 2. The van der Waals surface area contributed by atoms with Crippen LogP contribution in [0, 0.1) is 0 Å². The van der Waals surface area contributed by atoms with E-state index in [1.165, 1.54) is 25.7 Å². The van der Waals surface area contributed by atoms with Crippen LogP contribution in [0.1, 0.15) is 31.5 Å². The molecule has 0 unspecified atom stereocenters. The largest absolute Gasteiger partial charge is 0.341 e. The minimum atomic E-state index is 0.560. The minimum absolute atomic E-state index is 0.560. The summed E-state index contributed by atoms with van der Waals surface area (Å²) in [7, 11) is 0. The molecule has 0 spiro atoms. The van der Waals surface area contributed by atoms with Crippen molar-refractivity contribution in [3.05, 3.63) is 40.3 Å². The highest BCUT2D eigenvalue weighted by atomic mass is 35.5. The van der Waals surface area contributed by atoms with Crippen LogP contribution in [-0.4, -0.2) is 16.0 Å². The lowest BCUT2D eigenvalue weighted by molar-refractivity contribution is 0.515. The Kier molecular flexibility index (Phi) is 4.29. The third kappa shape index (κ3) is 3.17. The van der Waals surface area contributed by atoms with E-state index in [0.29, 0.717) is 16.1 Å². The Labute approximate surface area is 128 Å². The Hall–Kier alpha value is -1.03. The number of halogens is 2. The van der Waals surface area contributed by atoms with Gasteiger partial charge in [0.25, 0.3) is 0 Å². The van der Waals surface area contributed by atoms with Gasteiger partial charge in [0.2, 0.25) is 0 Å². The van der Waals surface area contributed by atoms with Gasteiger partial charge >= 0.3 is 0 Å². The average Bonchev–Trinajstić information content (AvgIpc) is 3.10. The zero-order valence-corrected chi connectivity index (χ0v) is 12.6. The van der Waals surface area contributed by atoms with E-state index in [9.17, 15) is 0 Å². The molecule has 1 aliphatic rings. The second-order valence-electron chi connectivity index (χ2n) is 5.23. The van der Waals surface area contributed by atoms with Gasteiger partial charge < -0.3 is 10.3 Å². The third-order valence-corrected chi connectivity index (χ3v) is 4.51. The molecule has 3 rings (SSSR count). The van der Waals surface area contributed by atoms with Gasteiger partial charge in [-0.3, -0.25) is 0 Å². The molecule has 1 aliphatic carbocycles. The first kappa shape index (κ1) is 13.9. The van der Waals surface area contributed by atoms with Crippen LogP contribution >= 0.6 is 23.2 Å². The van der Waals surface area contributed by atoms with E-state index < -0.39 is 0 Å². The van der Waals surface area contributed by atoms with Crippen molar-refractivity contribution in [1.82, 2.24) is 15.3 Å². The SMILES string of the molecule is Clc1ccc(-c2cnc(CNC3CCCC3)[nH]2)cc1Cl. The van der Waals surface area contributed by atoms with Gasteiger partial charge in [-0.05, 0) is 25.0 Å². The quantitative estimate of drug-likeness (QED) is 0.878. The molecule has 1 aromatic heterocycles. The van der Waals surface area contributed by atoms with E-state index in [2.05, 4.69) is 15.3 Å². The zero-order valence-electron chi connectivity index (χ0n) is 11.1. The van der Waals surface area contributed by atoms with E-state index in [0.717, 1.165) is 23.6 Å². The molecular formula is C15H17Cl2N3. The molecule has 2 aromatic rings. The van der Waals surface area contributed by atoms with Crippen LogP contribution in [-0.2, 0) is 6.54 Å². The minimum Gasteiger partial charge on any atom is -0.341 e. The van der Waals surface area contributed by atoms with Crippen LogP contribution in [0.2, 0.25) is 10.0 Å². The van der Waals surface area contributed by atoms with Gasteiger partial charge in [-0.25, -0.2) is 4.98 Å². The number of H-pyrrole nitrogens is 1. The third-order valence-electron chi connectivity index (χ3n) is 3.77. The summed E-state index contributed by atoms with van der Waals surface area (Å²) < 4.78 is 0. The lowest BCUT2D eigenvalue weighted by atomic mass is 10.2. The molecule has 5 heteroatoms. The highest BCUT2D eigenvalue weighted by molar-refractivity contribution is 6.42. The van der Waals surface area contributed by atoms with Crippen molar-refractivity contribution in [3.8, 4) is 11.3 Å². The summed E-state index contributed by atoms with van der Waals surface area (Å²) in [4.78, 5) is 7.74. The summed E-state index contributed by atoms with van der Waals surface area (Å²) in [5.41, 5.74) is 1.96. The number of hydrogen-bond acceptors (Lipinski definition) is 2. The molecule has 1 heterocycles. The maximum Gasteiger partial charge on any atom is 0.120 e. The lowest BCUT2D eigenvalue weighted by Crippen LogP contribution is -2.25. The molecule has 106 valence electrons. The van der Waals surface area contributed by atoms with Crippen molar-refractivity contribution in [3.63, 3.8) is 0 Å². The van der Waals surface area contributed by atoms with E-state index in [-0.39, 0.29) is 0 Å². The fourth-order valence-electron chi connectivity index (χ4n) is 2.63. The Balaban J connectivity index is 1.67. The van der Waals surface area contributed by atoms with Crippen LogP contribution in [0.3, 0.4) is 0 Å². The van der Waals surface area contributed by atoms with E-state index in [1.807, 2.05) is 18.3 Å². The molecule has 2 N–H and O–H groups in total. The molecule has 3 nitrogen and oxygen atoms in total. The van der Waals surface area contributed by atoms with Gasteiger partial charge in [0.1, 0.15) is 5.82 Å². The molecule has 0 atom stereocenters. The highest BCUT2D eigenvalue weighted by Gasteiger charge is 2.14. The standard InChI is InChI=1S/C15H17Cl2N3/c16-12-6-5-10(7-13(12)17)14-8-19-15(20-14)9-18-11-3-1-2-4-11/h5-8,11,18H,1-4,9H2,(H,19,20). The summed E-state index contributed by atoms with van der Waals surface area (Å²) in [6.07, 6.45) is 7.07. The van der Waals surface area contributed by atoms with Gasteiger partial charge in [-0.1, -0.05) is 42.1 Å². The van der Waals surface area contributed by atoms with Gasteiger partial charge in [-0.15, -0.1) is 0 Å². The van der Waals surface area contributed by atoms with Crippen molar-refractivity contribution < 1.29 is 0 Å². The summed E-state index contributed by atoms with van der Waals surface area (Å²) in [6.45, 7) is 0.784. The van der Waals surface area contributed by atoms with Crippen LogP contribution < -0.4 is 5.32 Å². The van der Waals surface area contributed by atoms with E-state index in [4.69, 9.17) is 23.2 Å². The van der Waals surface area contributed by atoms with Crippen LogP contribution in [0.4, 0.5) is 0 Å². The molecule has 0 bridgehead atoms. The molecule has 0 radical (unpaired) electrons. The maximum absolute atomic E-state index is 6.04. The Morgan fingerprint density at radius 3 is 2.75 bits per heavy atom. The molecular weight excluding hydrogens is 293 g/mol. The predicted molar refractivity (Wildman–Crippen MR) is 83.1 cm³/mol. The first-order chi connectivity index (χ1) is 9.72. The van der Waals surface area contributed by atoms with Gasteiger partial charge in [0.05, 0.1) is 28.5 Å². The van der Waals surface area contributed by atoms with E-state index >= 15 is 0 Å². The molecule has 1 saturated carbocycles. The normalized spacial score (nSPS) is 15.9. The molecule has 0 saturated heterocycles. The number of imidazole rings is 1. The number of benzene rings is 1. The van der Waals surface area contributed by atoms with Crippen molar-refractivity contribution in [1.29, 1.82) is 0 Å². The fourth-order valence-corrected chi connectivity index (χ4v) is 2.93. The summed E-state index contributed by atoms with van der Waals surface area (Å²) in [5, 5.41) is 4.67. The molecule has 1 fully saturated rings. The van der Waals surface area contributed by atoms with Crippen LogP contribution in [0.5, 0.6) is 0 Å². The Morgan fingerprint density at radius 1 is 1.20 bits per heavy atom. The van der Waals surface area contributed by atoms with Gasteiger partial charge in [0.15, 0.2) is 0 Å². The summed E-state index contributed by atoms with van der Waals surface area (Å²) in [5.74, 6) is 0.956. The number of nitrogens with one attached hydrogen (secondary N) is 2. The topological polar surface area (TPSA) is 40.7 Å².